The monoisotopic (exact) mass is 271 g/mol. The lowest BCUT2D eigenvalue weighted by molar-refractivity contribution is -0.175. The van der Waals surface area contributed by atoms with Crippen LogP contribution in [0.15, 0.2) is 30.6 Å². The number of rotatable bonds is 2. The zero-order valence-electron chi connectivity index (χ0n) is 11.4. The Morgan fingerprint density at radius 2 is 2.25 bits per heavy atom. The van der Waals surface area contributed by atoms with Gasteiger partial charge in [-0.2, -0.15) is 0 Å². The van der Waals surface area contributed by atoms with Gasteiger partial charge in [0.25, 0.3) is 0 Å². The van der Waals surface area contributed by atoms with Crippen molar-refractivity contribution in [2.24, 2.45) is 0 Å². The number of morpholine rings is 1. The maximum absolute atomic E-state index is 6.30. The van der Waals surface area contributed by atoms with Crippen molar-refractivity contribution in [1.82, 2.24) is 15.3 Å². The Kier molecular flexibility index (Phi) is 2.73. The van der Waals surface area contributed by atoms with Crippen molar-refractivity contribution < 1.29 is 9.47 Å². The van der Waals surface area contributed by atoms with E-state index in [0.29, 0.717) is 0 Å². The fourth-order valence-corrected chi connectivity index (χ4v) is 3.44. The molecule has 0 aliphatic carbocycles. The van der Waals surface area contributed by atoms with Crippen LogP contribution in [0.3, 0.4) is 0 Å². The van der Waals surface area contributed by atoms with Crippen molar-refractivity contribution in [2.75, 3.05) is 13.7 Å². The van der Waals surface area contributed by atoms with E-state index in [2.05, 4.69) is 21.4 Å². The summed E-state index contributed by atoms with van der Waals surface area (Å²) >= 11 is 0. The number of aromatic nitrogens is 2. The van der Waals surface area contributed by atoms with E-state index in [1.807, 2.05) is 18.2 Å². The van der Waals surface area contributed by atoms with Crippen LogP contribution < -0.4 is 5.32 Å². The molecule has 4 rings (SSSR count). The zero-order chi connectivity index (χ0) is 13.6. The van der Waals surface area contributed by atoms with E-state index in [4.69, 9.17) is 9.47 Å². The maximum Gasteiger partial charge on any atom is 0.150 e. The molecule has 1 N–H and O–H groups in total. The second kappa shape index (κ2) is 4.48. The molecular weight excluding hydrogens is 254 g/mol. The fourth-order valence-electron chi connectivity index (χ4n) is 3.44. The van der Waals surface area contributed by atoms with E-state index in [1.165, 1.54) is 0 Å². The van der Waals surface area contributed by atoms with Crippen molar-refractivity contribution in [2.45, 2.75) is 30.8 Å². The lowest BCUT2D eigenvalue weighted by Gasteiger charge is -2.40. The van der Waals surface area contributed by atoms with Crippen LogP contribution in [0, 0.1) is 0 Å². The molecule has 2 fully saturated rings. The number of nitrogens with one attached hydrogen (secondary N) is 1. The molecule has 104 valence electrons. The van der Waals surface area contributed by atoms with E-state index >= 15 is 0 Å². The Labute approximate surface area is 117 Å². The number of hydrogen-bond acceptors (Lipinski definition) is 5. The van der Waals surface area contributed by atoms with Crippen LogP contribution in [0.2, 0.25) is 0 Å². The number of ether oxygens (including phenoxy) is 2. The molecule has 20 heavy (non-hydrogen) atoms. The number of methoxy groups -OCH3 is 1. The Bertz CT molecular complexity index is 643. The minimum Gasteiger partial charge on any atom is -0.363 e. The van der Waals surface area contributed by atoms with E-state index in [1.54, 1.807) is 13.4 Å². The molecule has 1 aromatic heterocycles. The van der Waals surface area contributed by atoms with Gasteiger partial charge < -0.3 is 9.47 Å². The van der Waals surface area contributed by atoms with Gasteiger partial charge in [-0.1, -0.05) is 18.2 Å². The summed E-state index contributed by atoms with van der Waals surface area (Å²) in [7, 11) is 1.71. The predicted octanol–water partition coefficient (Wildman–Crippen LogP) is 1.58. The summed E-state index contributed by atoms with van der Waals surface area (Å²) in [4.78, 5) is 8.88. The highest BCUT2D eigenvalue weighted by Gasteiger charge is 2.53. The first-order valence-corrected chi connectivity index (χ1v) is 6.98. The van der Waals surface area contributed by atoms with Gasteiger partial charge in [0.1, 0.15) is 12.6 Å². The standard InChI is InChI=1S/C15H17N3O2/c1-19-14-15(7-6-10(20-15)8-16-14)13-11-4-2-3-5-12(11)17-9-18-13/h2-5,9-10,14,16H,6-8H2,1H3. The first kappa shape index (κ1) is 12.2. The minimum absolute atomic E-state index is 0.167. The Morgan fingerprint density at radius 3 is 3.15 bits per heavy atom. The molecule has 5 heteroatoms. The molecule has 2 aromatic rings. The maximum atomic E-state index is 6.30. The summed E-state index contributed by atoms with van der Waals surface area (Å²) in [6, 6.07) is 8.05. The second-order valence-electron chi connectivity index (χ2n) is 5.43. The first-order valence-electron chi connectivity index (χ1n) is 6.98. The molecule has 1 aromatic carbocycles. The third kappa shape index (κ3) is 1.60. The molecule has 2 aliphatic rings. The minimum atomic E-state index is -0.500. The Hall–Kier alpha value is -1.56. The van der Waals surface area contributed by atoms with Gasteiger partial charge in [-0.25, -0.2) is 9.97 Å². The van der Waals surface area contributed by atoms with Gasteiger partial charge in [0, 0.05) is 19.0 Å². The normalized spacial score (nSPS) is 32.6. The summed E-state index contributed by atoms with van der Waals surface area (Å²) in [5, 5.41) is 4.47. The number of nitrogens with zero attached hydrogens (tertiary/aromatic N) is 2. The van der Waals surface area contributed by atoms with Gasteiger partial charge in [-0.15, -0.1) is 0 Å². The molecule has 0 saturated carbocycles. The van der Waals surface area contributed by atoms with Crippen molar-refractivity contribution in [3.05, 3.63) is 36.3 Å². The predicted molar refractivity (Wildman–Crippen MR) is 74.1 cm³/mol. The van der Waals surface area contributed by atoms with E-state index in [-0.39, 0.29) is 12.3 Å². The largest absolute Gasteiger partial charge is 0.363 e. The SMILES string of the molecule is COC1NCC2CCC1(c1ncnc3ccccc13)O2. The van der Waals surface area contributed by atoms with Gasteiger partial charge in [-0.05, 0) is 18.9 Å². The average molecular weight is 271 g/mol. The molecule has 0 spiro atoms. The van der Waals surface area contributed by atoms with Crippen molar-refractivity contribution in [3.63, 3.8) is 0 Å². The van der Waals surface area contributed by atoms with Crippen LogP contribution in [-0.2, 0) is 15.1 Å². The third-order valence-corrected chi connectivity index (χ3v) is 4.35. The second-order valence-corrected chi connectivity index (χ2v) is 5.43. The van der Waals surface area contributed by atoms with Crippen LogP contribution in [0.4, 0.5) is 0 Å². The molecule has 0 radical (unpaired) electrons. The van der Waals surface area contributed by atoms with Crippen LogP contribution >= 0.6 is 0 Å². The van der Waals surface area contributed by atoms with Crippen molar-refractivity contribution in [3.8, 4) is 0 Å². The van der Waals surface area contributed by atoms with Crippen LogP contribution in [0.5, 0.6) is 0 Å². The summed E-state index contributed by atoms with van der Waals surface area (Å²) < 4.78 is 11.9. The van der Waals surface area contributed by atoms with Crippen molar-refractivity contribution in [1.29, 1.82) is 0 Å². The third-order valence-electron chi connectivity index (χ3n) is 4.35. The fraction of sp³-hybridized carbons (Fsp3) is 0.467. The summed E-state index contributed by atoms with van der Waals surface area (Å²) in [6.45, 7) is 0.837. The molecule has 2 aliphatic heterocycles. The van der Waals surface area contributed by atoms with E-state index < -0.39 is 5.60 Å². The van der Waals surface area contributed by atoms with Crippen LogP contribution in [0.25, 0.3) is 10.9 Å². The highest BCUT2D eigenvalue weighted by molar-refractivity contribution is 5.81. The van der Waals surface area contributed by atoms with Crippen molar-refractivity contribution >= 4 is 10.9 Å². The van der Waals surface area contributed by atoms with Gasteiger partial charge in [-0.3, -0.25) is 5.32 Å². The number of hydrogen-bond donors (Lipinski definition) is 1. The summed E-state index contributed by atoms with van der Waals surface area (Å²) in [5.41, 5.74) is 1.38. The van der Waals surface area contributed by atoms with Crippen LogP contribution in [-0.4, -0.2) is 36.0 Å². The lowest BCUT2D eigenvalue weighted by atomic mass is 9.91. The van der Waals surface area contributed by atoms with E-state index in [9.17, 15) is 0 Å². The quantitative estimate of drug-likeness (QED) is 0.898. The molecule has 3 heterocycles. The topological polar surface area (TPSA) is 56.3 Å². The Morgan fingerprint density at radius 1 is 1.35 bits per heavy atom. The van der Waals surface area contributed by atoms with Gasteiger partial charge >= 0.3 is 0 Å². The summed E-state index contributed by atoms with van der Waals surface area (Å²) in [6.07, 6.45) is 3.65. The zero-order valence-corrected chi connectivity index (χ0v) is 11.4. The molecule has 2 bridgehead atoms. The van der Waals surface area contributed by atoms with E-state index in [0.717, 1.165) is 36.0 Å². The number of para-hydroxylation sites is 1. The average Bonchev–Trinajstić information content (AvgIpc) is 2.85. The Balaban J connectivity index is 1.92. The van der Waals surface area contributed by atoms with Gasteiger partial charge in [0.2, 0.25) is 0 Å². The van der Waals surface area contributed by atoms with Gasteiger partial charge in [0.15, 0.2) is 5.60 Å². The highest BCUT2D eigenvalue weighted by atomic mass is 16.6. The molecular formula is C15H17N3O2. The first-order chi connectivity index (χ1) is 9.83. The van der Waals surface area contributed by atoms with Gasteiger partial charge in [0.05, 0.1) is 17.3 Å². The summed E-state index contributed by atoms with van der Waals surface area (Å²) in [5.74, 6) is 0. The van der Waals surface area contributed by atoms with Crippen LogP contribution in [0.1, 0.15) is 18.5 Å². The number of benzene rings is 1. The molecule has 2 saturated heterocycles. The molecule has 5 nitrogen and oxygen atoms in total. The molecule has 0 amide bonds. The molecule has 3 unspecified atom stereocenters. The lowest BCUT2D eigenvalue weighted by Crippen LogP contribution is -2.56. The highest BCUT2D eigenvalue weighted by Crippen LogP contribution is 2.45. The number of fused-ring (bicyclic) bond motifs is 3. The smallest absolute Gasteiger partial charge is 0.150 e. The molecule has 3 atom stereocenters.